The van der Waals surface area contributed by atoms with Crippen LogP contribution < -0.4 is 15.9 Å². The van der Waals surface area contributed by atoms with Gasteiger partial charge < -0.3 is 20.1 Å². The molecule has 3 rings (SSSR count). The molecule has 0 spiro atoms. The molecule has 0 radical (unpaired) electrons. The van der Waals surface area contributed by atoms with Gasteiger partial charge in [0, 0.05) is 51.7 Å². The molecule has 25 heavy (non-hydrogen) atoms. The molecule has 2 aromatic heterocycles. The summed E-state index contributed by atoms with van der Waals surface area (Å²) in [7, 11) is 2.03. The molecule has 0 fully saturated rings. The second kappa shape index (κ2) is 6.91. The van der Waals surface area contributed by atoms with Crippen LogP contribution in [0.2, 0.25) is 0 Å². The molecule has 5 heteroatoms. The molecule has 0 aliphatic heterocycles. The van der Waals surface area contributed by atoms with Gasteiger partial charge in [-0.3, -0.25) is 0 Å². The summed E-state index contributed by atoms with van der Waals surface area (Å²) in [6, 6.07) is 8.92. The lowest BCUT2D eigenvalue weighted by atomic mass is 10.2. The Morgan fingerprint density at radius 2 is 2.00 bits per heavy atom. The summed E-state index contributed by atoms with van der Waals surface area (Å²) in [5.41, 5.74) is 3.94. The molecule has 0 aliphatic rings. The highest BCUT2D eigenvalue weighted by molar-refractivity contribution is 7.08. The Labute approximate surface area is 150 Å². The van der Waals surface area contributed by atoms with Gasteiger partial charge in [-0.15, -0.1) is 0 Å². The second-order valence-electron chi connectivity index (χ2n) is 5.76. The Kier molecular flexibility index (Phi) is 4.67. The van der Waals surface area contributed by atoms with Crippen molar-refractivity contribution in [1.29, 1.82) is 0 Å². The highest BCUT2D eigenvalue weighted by Gasteiger charge is 2.08. The number of aromatic nitrogens is 1. The van der Waals surface area contributed by atoms with E-state index in [9.17, 15) is 10.2 Å². The zero-order valence-electron chi connectivity index (χ0n) is 14.2. The minimum Gasteiger partial charge on any atom is -0.504 e. The lowest BCUT2D eigenvalue weighted by Crippen LogP contribution is -2.30. The van der Waals surface area contributed by atoms with Crippen LogP contribution in [-0.2, 0) is 7.05 Å². The number of nitrogens with one attached hydrogen (secondary N) is 1. The fourth-order valence-electron chi connectivity index (χ4n) is 2.80. The summed E-state index contributed by atoms with van der Waals surface area (Å²) in [4.78, 5) is 0. The average Bonchev–Trinajstić information content (AvgIpc) is 3.20. The number of benzene rings is 1. The number of aromatic hydroxyl groups is 2. The Morgan fingerprint density at radius 1 is 1.20 bits per heavy atom. The fourth-order valence-corrected chi connectivity index (χ4v) is 3.45. The van der Waals surface area contributed by atoms with Crippen LogP contribution >= 0.6 is 11.3 Å². The van der Waals surface area contributed by atoms with Crippen LogP contribution in [0, 0.1) is 0 Å². The number of allylic oxidation sites excluding steroid dienone is 1. The van der Waals surface area contributed by atoms with E-state index in [-0.39, 0.29) is 11.5 Å². The van der Waals surface area contributed by atoms with Gasteiger partial charge in [-0.25, -0.2) is 0 Å². The fraction of sp³-hybridized carbons (Fsp3) is 0.100. The van der Waals surface area contributed by atoms with Crippen molar-refractivity contribution < 1.29 is 10.2 Å². The molecule has 0 saturated heterocycles. The van der Waals surface area contributed by atoms with Crippen molar-refractivity contribution in [2.75, 3.05) is 5.32 Å². The molecular weight excluding hydrogens is 332 g/mol. The third-order valence-corrected chi connectivity index (χ3v) is 4.77. The van der Waals surface area contributed by atoms with Gasteiger partial charge in [-0.1, -0.05) is 12.7 Å². The van der Waals surface area contributed by atoms with Crippen LogP contribution in [0.1, 0.15) is 6.92 Å². The molecule has 0 atom stereocenters. The van der Waals surface area contributed by atoms with Gasteiger partial charge in [-0.2, -0.15) is 11.3 Å². The summed E-state index contributed by atoms with van der Waals surface area (Å²) in [6.07, 6.45) is 3.75. The van der Waals surface area contributed by atoms with Gasteiger partial charge >= 0.3 is 0 Å². The van der Waals surface area contributed by atoms with E-state index in [1.54, 1.807) is 23.5 Å². The van der Waals surface area contributed by atoms with Crippen LogP contribution in [0.4, 0.5) is 5.69 Å². The standard InChI is InChI=1S/C20H20N2O2S/c1-4-5-17-16(11-18(22(17)3)14-8-9-25-12-14)13(2)21-15-6-7-19(23)20(24)10-15/h4-12,21,23-24H,1H2,2-3H3/b16-13+,17-5+. The van der Waals surface area contributed by atoms with E-state index in [2.05, 4.69) is 39.4 Å². The molecule has 0 amide bonds. The number of thiophene rings is 1. The van der Waals surface area contributed by atoms with Gasteiger partial charge in [0.1, 0.15) is 0 Å². The minimum absolute atomic E-state index is 0.136. The topological polar surface area (TPSA) is 57.4 Å². The van der Waals surface area contributed by atoms with E-state index < -0.39 is 0 Å². The van der Waals surface area contributed by atoms with Crippen molar-refractivity contribution in [1.82, 2.24) is 4.57 Å². The van der Waals surface area contributed by atoms with Crippen molar-refractivity contribution in [2.45, 2.75) is 6.92 Å². The lowest BCUT2D eigenvalue weighted by molar-refractivity contribution is 0.404. The number of hydrogen-bond acceptors (Lipinski definition) is 4. The molecular formula is C20H20N2O2S. The zero-order valence-corrected chi connectivity index (χ0v) is 15.0. The van der Waals surface area contributed by atoms with Gasteiger partial charge in [-0.05, 0) is 42.6 Å². The maximum Gasteiger partial charge on any atom is 0.159 e. The Hall–Kier alpha value is -2.92. The van der Waals surface area contributed by atoms with Crippen molar-refractivity contribution in [3.05, 3.63) is 64.3 Å². The van der Waals surface area contributed by atoms with Crippen molar-refractivity contribution in [3.8, 4) is 22.8 Å². The number of anilines is 1. The highest BCUT2D eigenvalue weighted by Crippen LogP contribution is 2.28. The van der Waals surface area contributed by atoms with E-state index >= 15 is 0 Å². The van der Waals surface area contributed by atoms with Crippen LogP contribution in [0.25, 0.3) is 23.0 Å². The van der Waals surface area contributed by atoms with Gasteiger partial charge in [0.05, 0.1) is 0 Å². The third-order valence-electron chi connectivity index (χ3n) is 4.08. The van der Waals surface area contributed by atoms with E-state index in [4.69, 9.17) is 0 Å². The summed E-state index contributed by atoms with van der Waals surface area (Å²) in [6.45, 7) is 5.80. The number of phenolic OH excluding ortho intramolecular Hbond substituents is 2. The Morgan fingerprint density at radius 3 is 2.64 bits per heavy atom. The summed E-state index contributed by atoms with van der Waals surface area (Å²) in [5, 5.41) is 28.7. The van der Waals surface area contributed by atoms with Crippen molar-refractivity contribution >= 4 is 28.8 Å². The van der Waals surface area contributed by atoms with Gasteiger partial charge in [0.25, 0.3) is 0 Å². The molecule has 0 saturated carbocycles. The maximum absolute atomic E-state index is 9.67. The number of hydrogen-bond donors (Lipinski definition) is 3. The molecule has 3 N–H and O–H groups in total. The normalized spacial score (nSPS) is 13.0. The van der Waals surface area contributed by atoms with Crippen molar-refractivity contribution in [3.63, 3.8) is 0 Å². The predicted molar refractivity (Wildman–Crippen MR) is 105 cm³/mol. The number of phenols is 2. The Balaban J connectivity index is 2.15. The van der Waals surface area contributed by atoms with Gasteiger partial charge in [0.15, 0.2) is 11.5 Å². The first kappa shape index (κ1) is 16.9. The van der Waals surface area contributed by atoms with Crippen LogP contribution in [-0.4, -0.2) is 14.8 Å². The monoisotopic (exact) mass is 352 g/mol. The molecule has 4 nitrogen and oxygen atoms in total. The van der Waals surface area contributed by atoms with E-state index in [1.165, 1.54) is 17.7 Å². The van der Waals surface area contributed by atoms with Crippen molar-refractivity contribution in [2.24, 2.45) is 7.05 Å². The van der Waals surface area contributed by atoms with Crippen LogP contribution in [0.15, 0.2) is 53.7 Å². The Bertz CT molecular complexity index is 1030. The first-order chi connectivity index (χ1) is 12.0. The van der Waals surface area contributed by atoms with E-state index in [1.807, 2.05) is 20.0 Å². The first-order valence-corrected chi connectivity index (χ1v) is 8.76. The lowest BCUT2D eigenvalue weighted by Gasteiger charge is -2.07. The smallest absolute Gasteiger partial charge is 0.159 e. The number of nitrogens with zero attached hydrogens (tertiary/aromatic N) is 1. The molecule has 0 unspecified atom stereocenters. The summed E-state index contributed by atoms with van der Waals surface area (Å²) >= 11 is 1.67. The third kappa shape index (κ3) is 3.32. The number of rotatable bonds is 4. The largest absolute Gasteiger partial charge is 0.504 e. The summed E-state index contributed by atoms with van der Waals surface area (Å²) < 4.78 is 2.14. The van der Waals surface area contributed by atoms with E-state index in [0.29, 0.717) is 5.69 Å². The van der Waals surface area contributed by atoms with Crippen LogP contribution in [0.5, 0.6) is 11.5 Å². The summed E-state index contributed by atoms with van der Waals surface area (Å²) in [5.74, 6) is -0.286. The molecule has 0 bridgehead atoms. The predicted octanol–water partition coefficient (Wildman–Crippen LogP) is 3.37. The van der Waals surface area contributed by atoms with Gasteiger partial charge in [0.2, 0.25) is 0 Å². The highest BCUT2D eigenvalue weighted by atomic mass is 32.1. The molecule has 2 heterocycles. The quantitative estimate of drug-likeness (QED) is 0.498. The van der Waals surface area contributed by atoms with E-state index in [0.717, 1.165) is 22.0 Å². The maximum atomic E-state index is 9.67. The van der Waals surface area contributed by atoms with Crippen LogP contribution in [0.3, 0.4) is 0 Å². The molecule has 3 aromatic rings. The second-order valence-corrected chi connectivity index (χ2v) is 6.54. The first-order valence-electron chi connectivity index (χ1n) is 7.82. The molecule has 128 valence electrons. The molecule has 0 aliphatic carbocycles. The average molecular weight is 352 g/mol. The zero-order chi connectivity index (χ0) is 18.0. The minimum atomic E-state index is -0.150. The molecule has 1 aromatic carbocycles. The SMILES string of the molecule is C=C/C=c1\c(=C(/C)Nc2ccc(O)c(O)c2)cc(-c2ccsc2)n1C.